The van der Waals surface area contributed by atoms with Crippen LogP contribution in [0.4, 0.5) is 0 Å². The molecular weight excluding hydrogens is 257 g/mol. The standard InChI is InChI=1S/C7H7INO2/c1-8-5-2-3-6(7(10)11)9-4-5/h2-4H,1H3,(H,10,11)/q-1. The van der Waals surface area contributed by atoms with E-state index in [0.29, 0.717) is 0 Å². The van der Waals surface area contributed by atoms with Crippen LogP contribution in [-0.2, 0) is 0 Å². The molecule has 0 aliphatic heterocycles. The van der Waals surface area contributed by atoms with Crippen LogP contribution in [-0.4, -0.2) is 21.0 Å². The van der Waals surface area contributed by atoms with E-state index in [0.717, 1.165) is 3.57 Å². The quantitative estimate of drug-likeness (QED) is 0.481. The van der Waals surface area contributed by atoms with Crippen molar-refractivity contribution < 1.29 is 31.1 Å². The second kappa shape index (κ2) is 3.66. The van der Waals surface area contributed by atoms with Gasteiger partial charge in [-0.3, -0.25) is 0 Å². The Morgan fingerprint density at radius 1 is 1.64 bits per heavy atom. The van der Waals surface area contributed by atoms with Crippen molar-refractivity contribution in [1.82, 2.24) is 4.98 Å². The van der Waals surface area contributed by atoms with Gasteiger partial charge in [0.05, 0.1) is 0 Å². The molecule has 4 heteroatoms. The number of alkyl halides is 1. The van der Waals surface area contributed by atoms with Crippen LogP contribution in [0.3, 0.4) is 0 Å². The zero-order chi connectivity index (χ0) is 8.27. The summed E-state index contributed by atoms with van der Waals surface area (Å²) in [7, 11) is 0. The van der Waals surface area contributed by atoms with Crippen LogP contribution in [0.1, 0.15) is 10.5 Å². The molecule has 0 saturated carbocycles. The molecule has 1 rings (SSSR count). The van der Waals surface area contributed by atoms with Crippen molar-refractivity contribution in [3.63, 3.8) is 0 Å². The Morgan fingerprint density at radius 2 is 2.36 bits per heavy atom. The van der Waals surface area contributed by atoms with Crippen LogP contribution in [0.5, 0.6) is 0 Å². The fourth-order valence-corrected chi connectivity index (χ4v) is 1.57. The third kappa shape index (κ3) is 2.14. The van der Waals surface area contributed by atoms with Crippen LogP contribution < -0.4 is 21.2 Å². The molecule has 0 unspecified atom stereocenters. The summed E-state index contributed by atoms with van der Waals surface area (Å²) in [5.74, 6) is -0.967. The molecule has 1 aromatic rings. The minimum atomic E-state index is -0.967. The summed E-state index contributed by atoms with van der Waals surface area (Å²) < 4.78 is 1.16. The molecular formula is C7H7INO2-. The molecule has 0 aliphatic rings. The predicted molar refractivity (Wildman–Crippen MR) is 35.8 cm³/mol. The number of carbonyl (C=O) groups is 1. The van der Waals surface area contributed by atoms with Gasteiger partial charge >= 0.3 is 74.6 Å². The van der Waals surface area contributed by atoms with E-state index in [-0.39, 0.29) is 26.9 Å². The maximum absolute atomic E-state index is 10.3. The molecule has 0 radical (unpaired) electrons. The van der Waals surface area contributed by atoms with Gasteiger partial charge in [0.15, 0.2) is 0 Å². The number of nitrogens with zero attached hydrogens (tertiary/aromatic N) is 1. The average molecular weight is 264 g/mol. The average Bonchev–Trinajstić information content (AvgIpc) is 2.05. The van der Waals surface area contributed by atoms with Crippen molar-refractivity contribution in [3.8, 4) is 0 Å². The second-order valence-corrected chi connectivity index (χ2v) is 4.18. The van der Waals surface area contributed by atoms with Crippen LogP contribution in [0.2, 0.25) is 0 Å². The first-order valence-electron chi connectivity index (χ1n) is 2.93. The molecule has 0 spiro atoms. The molecule has 60 valence electrons. The summed E-state index contributed by atoms with van der Waals surface area (Å²) in [6.45, 7) is 0. The third-order valence-corrected chi connectivity index (χ3v) is 3.05. The molecule has 0 atom stereocenters. The summed E-state index contributed by atoms with van der Waals surface area (Å²) in [6, 6.07) is 3.37. The molecule has 0 aliphatic carbocycles. The monoisotopic (exact) mass is 264 g/mol. The molecule has 11 heavy (non-hydrogen) atoms. The SMILES string of the molecule is C[I-]c1ccc(C(=O)O)nc1. The van der Waals surface area contributed by atoms with Crippen molar-refractivity contribution in [1.29, 1.82) is 0 Å². The number of hydrogen-bond donors (Lipinski definition) is 1. The Kier molecular flexibility index (Phi) is 2.81. The summed E-state index contributed by atoms with van der Waals surface area (Å²) in [4.78, 5) is 16.2. The van der Waals surface area contributed by atoms with E-state index in [4.69, 9.17) is 5.11 Å². The molecule has 0 amide bonds. The number of pyridine rings is 1. The van der Waals surface area contributed by atoms with Crippen LogP contribution in [0, 0.1) is 3.57 Å². The van der Waals surface area contributed by atoms with Crippen molar-refractivity contribution in [3.05, 3.63) is 27.6 Å². The summed E-state index contributed by atoms with van der Waals surface area (Å²) >= 11 is 0.0213. The van der Waals surface area contributed by atoms with E-state index in [1.165, 1.54) is 0 Å². The van der Waals surface area contributed by atoms with Gasteiger partial charge in [-0.2, -0.15) is 0 Å². The van der Waals surface area contributed by atoms with Crippen molar-refractivity contribution in [2.75, 3.05) is 4.93 Å². The maximum atomic E-state index is 10.3. The molecule has 0 bridgehead atoms. The molecule has 3 nitrogen and oxygen atoms in total. The zero-order valence-corrected chi connectivity index (χ0v) is 8.07. The summed E-state index contributed by atoms with van der Waals surface area (Å²) in [5, 5.41) is 8.49. The van der Waals surface area contributed by atoms with E-state index in [9.17, 15) is 4.79 Å². The van der Waals surface area contributed by atoms with Crippen LogP contribution >= 0.6 is 0 Å². The normalized spacial score (nSPS) is 9.91. The van der Waals surface area contributed by atoms with E-state index in [2.05, 4.69) is 9.91 Å². The molecule has 0 fully saturated rings. The first-order chi connectivity index (χ1) is 5.24. The van der Waals surface area contributed by atoms with Gasteiger partial charge in [-0.25, -0.2) is 0 Å². The van der Waals surface area contributed by atoms with Crippen molar-refractivity contribution in [2.24, 2.45) is 0 Å². The van der Waals surface area contributed by atoms with E-state index >= 15 is 0 Å². The first-order valence-corrected chi connectivity index (χ1v) is 6.16. The van der Waals surface area contributed by atoms with E-state index < -0.39 is 5.97 Å². The van der Waals surface area contributed by atoms with Gasteiger partial charge in [-0.1, -0.05) is 0 Å². The first kappa shape index (κ1) is 8.45. The molecule has 1 heterocycles. The summed E-state index contributed by atoms with van der Waals surface area (Å²) in [5.41, 5.74) is 0.117. The van der Waals surface area contributed by atoms with Gasteiger partial charge in [-0.05, 0) is 0 Å². The van der Waals surface area contributed by atoms with Crippen LogP contribution in [0.15, 0.2) is 18.3 Å². The third-order valence-electron chi connectivity index (χ3n) is 1.16. The number of rotatable bonds is 2. The van der Waals surface area contributed by atoms with Crippen LogP contribution in [0.25, 0.3) is 0 Å². The van der Waals surface area contributed by atoms with E-state index in [1.807, 2.05) is 6.07 Å². The topological polar surface area (TPSA) is 50.2 Å². The van der Waals surface area contributed by atoms with Gasteiger partial charge < -0.3 is 0 Å². The molecule has 0 saturated heterocycles. The fourth-order valence-electron chi connectivity index (χ4n) is 0.614. The Labute approximate surface area is 74.7 Å². The molecule has 1 aromatic heterocycles. The zero-order valence-electron chi connectivity index (χ0n) is 5.91. The van der Waals surface area contributed by atoms with Gasteiger partial charge in [-0.15, -0.1) is 0 Å². The molecule has 1 N–H and O–H groups in total. The second-order valence-electron chi connectivity index (χ2n) is 1.86. The predicted octanol–water partition coefficient (Wildman–Crippen LogP) is -2.33. The van der Waals surface area contributed by atoms with Gasteiger partial charge in [0.2, 0.25) is 0 Å². The Morgan fingerprint density at radius 3 is 2.73 bits per heavy atom. The molecule has 0 aromatic carbocycles. The Balaban J connectivity index is 2.91. The summed E-state index contributed by atoms with van der Waals surface area (Å²) in [6.07, 6.45) is 1.64. The number of aromatic nitrogens is 1. The van der Waals surface area contributed by atoms with Gasteiger partial charge in [0.25, 0.3) is 0 Å². The van der Waals surface area contributed by atoms with Crippen molar-refractivity contribution in [2.45, 2.75) is 0 Å². The van der Waals surface area contributed by atoms with Gasteiger partial charge in [0.1, 0.15) is 0 Å². The minimum absolute atomic E-state index is 0.0213. The van der Waals surface area contributed by atoms with Crippen molar-refractivity contribution >= 4 is 5.97 Å². The fraction of sp³-hybridized carbons (Fsp3) is 0.143. The van der Waals surface area contributed by atoms with E-state index in [1.54, 1.807) is 12.3 Å². The number of aromatic carboxylic acids is 1. The van der Waals surface area contributed by atoms with Gasteiger partial charge in [0, 0.05) is 0 Å². The number of hydrogen-bond acceptors (Lipinski definition) is 2. The number of carboxylic acids is 1. The Bertz CT molecular complexity index is 258. The number of halogens is 1. The Hall–Kier alpha value is -0.650. The number of carboxylic acid groups (broad SMARTS) is 1.